The molecule has 0 radical (unpaired) electrons. The molecule has 0 unspecified atom stereocenters. The molecular weight excluding hydrogens is 278 g/mol. The molecule has 2 rings (SSSR count). The highest BCUT2D eigenvalue weighted by atomic mass is 16.3. The number of phenols is 1. The maximum absolute atomic E-state index is 12.4. The Morgan fingerprint density at radius 3 is 2.36 bits per heavy atom. The van der Waals surface area contributed by atoms with Gasteiger partial charge in [-0.05, 0) is 29.7 Å². The van der Waals surface area contributed by atoms with Crippen molar-refractivity contribution in [3.8, 4) is 5.75 Å². The lowest BCUT2D eigenvalue weighted by molar-refractivity contribution is -0.131. The Labute approximate surface area is 130 Å². The second kappa shape index (κ2) is 8.20. The van der Waals surface area contributed by atoms with E-state index in [1.807, 2.05) is 36.4 Å². The lowest BCUT2D eigenvalue weighted by Crippen LogP contribution is -2.36. The van der Waals surface area contributed by atoms with Crippen molar-refractivity contribution in [3.05, 3.63) is 65.7 Å². The number of phenolic OH excluding ortho intramolecular Hbond substituents is 1. The molecule has 0 aliphatic rings. The third kappa shape index (κ3) is 4.90. The van der Waals surface area contributed by atoms with E-state index in [4.69, 9.17) is 5.11 Å². The number of aliphatic hydroxyl groups is 1. The van der Waals surface area contributed by atoms with Crippen molar-refractivity contribution in [2.24, 2.45) is 0 Å². The first-order chi connectivity index (χ1) is 10.7. The molecule has 0 aromatic heterocycles. The van der Waals surface area contributed by atoms with Crippen LogP contribution in [0.3, 0.4) is 0 Å². The fourth-order valence-electron chi connectivity index (χ4n) is 2.34. The van der Waals surface area contributed by atoms with Gasteiger partial charge in [0.1, 0.15) is 5.75 Å². The number of hydrogen-bond acceptors (Lipinski definition) is 3. The smallest absolute Gasteiger partial charge is 0.227 e. The van der Waals surface area contributed by atoms with Gasteiger partial charge in [-0.25, -0.2) is 0 Å². The highest BCUT2D eigenvalue weighted by molar-refractivity contribution is 5.78. The quantitative estimate of drug-likeness (QED) is 0.822. The van der Waals surface area contributed by atoms with Crippen molar-refractivity contribution in [2.75, 3.05) is 19.7 Å². The Kier molecular flexibility index (Phi) is 5.98. The summed E-state index contributed by atoms with van der Waals surface area (Å²) in [7, 11) is 0. The van der Waals surface area contributed by atoms with E-state index in [9.17, 15) is 9.90 Å². The summed E-state index contributed by atoms with van der Waals surface area (Å²) in [5.41, 5.74) is 1.93. The first-order valence-electron chi connectivity index (χ1n) is 7.39. The molecule has 4 nitrogen and oxygen atoms in total. The van der Waals surface area contributed by atoms with Crippen LogP contribution in [0.15, 0.2) is 54.6 Å². The van der Waals surface area contributed by atoms with Crippen LogP contribution >= 0.6 is 0 Å². The van der Waals surface area contributed by atoms with Crippen molar-refractivity contribution in [1.29, 1.82) is 0 Å². The van der Waals surface area contributed by atoms with Crippen molar-refractivity contribution in [1.82, 2.24) is 4.90 Å². The van der Waals surface area contributed by atoms with Gasteiger partial charge in [0, 0.05) is 13.1 Å². The van der Waals surface area contributed by atoms with E-state index in [0.29, 0.717) is 13.1 Å². The standard InChI is InChI=1S/C18H21NO3/c20-12-11-19(10-9-15-5-2-1-3-6-15)18(22)14-16-7-4-8-17(21)13-16/h1-8,13,20-21H,9-12,14H2. The largest absolute Gasteiger partial charge is 0.508 e. The van der Waals surface area contributed by atoms with E-state index >= 15 is 0 Å². The van der Waals surface area contributed by atoms with Gasteiger partial charge in [0.25, 0.3) is 0 Å². The van der Waals surface area contributed by atoms with E-state index < -0.39 is 0 Å². The topological polar surface area (TPSA) is 60.8 Å². The summed E-state index contributed by atoms with van der Waals surface area (Å²) < 4.78 is 0. The van der Waals surface area contributed by atoms with E-state index in [1.54, 1.807) is 23.1 Å². The zero-order chi connectivity index (χ0) is 15.8. The SMILES string of the molecule is O=C(Cc1cccc(O)c1)N(CCO)CCc1ccccc1. The summed E-state index contributed by atoms with van der Waals surface area (Å²) in [4.78, 5) is 14.0. The molecule has 116 valence electrons. The highest BCUT2D eigenvalue weighted by Gasteiger charge is 2.13. The second-order valence-corrected chi connectivity index (χ2v) is 5.19. The van der Waals surface area contributed by atoms with E-state index in [1.165, 1.54) is 0 Å². The number of benzene rings is 2. The summed E-state index contributed by atoms with van der Waals surface area (Å²) >= 11 is 0. The Morgan fingerprint density at radius 1 is 0.955 bits per heavy atom. The van der Waals surface area contributed by atoms with Gasteiger partial charge in [-0.15, -0.1) is 0 Å². The van der Waals surface area contributed by atoms with Gasteiger partial charge in [0.05, 0.1) is 13.0 Å². The van der Waals surface area contributed by atoms with Crippen LogP contribution in [0.4, 0.5) is 0 Å². The maximum atomic E-state index is 12.4. The predicted molar refractivity (Wildman–Crippen MR) is 85.6 cm³/mol. The third-order valence-corrected chi connectivity index (χ3v) is 3.50. The minimum absolute atomic E-state index is 0.0458. The lowest BCUT2D eigenvalue weighted by Gasteiger charge is -2.22. The molecule has 22 heavy (non-hydrogen) atoms. The number of rotatable bonds is 7. The number of nitrogens with zero attached hydrogens (tertiary/aromatic N) is 1. The number of carbonyl (C=O) groups is 1. The van der Waals surface area contributed by atoms with Crippen LogP contribution in [-0.2, 0) is 17.6 Å². The van der Waals surface area contributed by atoms with Crippen molar-refractivity contribution >= 4 is 5.91 Å². The third-order valence-electron chi connectivity index (χ3n) is 3.50. The summed E-state index contributed by atoms with van der Waals surface area (Å²) in [6.07, 6.45) is 0.982. The fraction of sp³-hybridized carbons (Fsp3) is 0.278. The van der Waals surface area contributed by atoms with Crippen LogP contribution in [0.1, 0.15) is 11.1 Å². The number of aromatic hydroxyl groups is 1. The van der Waals surface area contributed by atoms with Crippen LogP contribution < -0.4 is 0 Å². The zero-order valence-corrected chi connectivity index (χ0v) is 12.5. The lowest BCUT2D eigenvalue weighted by atomic mass is 10.1. The minimum atomic E-state index is -0.0550. The van der Waals surface area contributed by atoms with Gasteiger partial charge < -0.3 is 15.1 Å². The molecule has 0 bridgehead atoms. The Morgan fingerprint density at radius 2 is 1.68 bits per heavy atom. The van der Waals surface area contributed by atoms with Crippen molar-refractivity contribution in [3.63, 3.8) is 0 Å². The molecular formula is C18H21NO3. The maximum Gasteiger partial charge on any atom is 0.227 e. The second-order valence-electron chi connectivity index (χ2n) is 5.19. The molecule has 0 heterocycles. The predicted octanol–water partition coefficient (Wildman–Crippen LogP) is 2.00. The number of aliphatic hydroxyl groups excluding tert-OH is 1. The van der Waals surface area contributed by atoms with Crippen LogP contribution in [0, 0.1) is 0 Å². The van der Waals surface area contributed by atoms with Gasteiger partial charge in [-0.1, -0.05) is 42.5 Å². The number of carbonyl (C=O) groups excluding carboxylic acids is 1. The van der Waals surface area contributed by atoms with E-state index in [0.717, 1.165) is 17.5 Å². The molecule has 0 spiro atoms. The molecule has 2 aromatic rings. The van der Waals surface area contributed by atoms with Crippen molar-refractivity contribution in [2.45, 2.75) is 12.8 Å². The van der Waals surface area contributed by atoms with Crippen LogP contribution in [0.2, 0.25) is 0 Å². The molecule has 0 aliphatic heterocycles. The van der Waals surface area contributed by atoms with Gasteiger partial charge in [0.15, 0.2) is 0 Å². The molecule has 0 aliphatic carbocycles. The summed E-state index contributed by atoms with van der Waals surface area (Å²) in [5.74, 6) is 0.110. The van der Waals surface area contributed by atoms with Crippen molar-refractivity contribution < 1.29 is 15.0 Å². The fourth-order valence-corrected chi connectivity index (χ4v) is 2.34. The first kappa shape index (κ1) is 16.0. The molecule has 4 heteroatoms. The van der Waals surface area contributed by atoms with Gasteiger partial charge in [-0.3, -0.25) is 4.79 Å². The Hall–Kier alpha value is -2.33. The Bertz CT molecular complexity index is 598. The van der Waals surface area contributed by atoms with Crippen LogP contribution in [0.5, 0.6) is 5.75 Å². The van der Waals surface area contributed by atoms with Gasteiger partial charge in [-0.2, -0.15) is 0 Å². The number of amides is 1. The molecule has 0 saturated heterocycles. The zero-order valence-electron chi connectivity index (χ0n) is 12.5. The normalized spacial score (nSPS) is 10.4. The van der Waals surface area contributed by atoms with Gasteiger partial charge in [0.2, 0.25) is 5.91 Å². The molecule has 1 amide bonds. The molecule has 0 fully saturated rings. The van der Waals surface area contributed by atoms with Crippen LogP contribution in [-0.4, -0.2) is 40.7 Å². The highest BCUT2D eigenvalue weighted by Crippen LogP contribution is 2.12. The Balaban J connectivity index is 1.96. The van der Waals surface area contributed by atoms with Gasteiger partial charge >= 0.3 is 0 Å². The summed E-state index contributed by atoms with van der Waals surface area (Å²) in [5, 5.41) is 18.6. The summed E-state index contributed by atoms with van der Waals surface area (Å²) in [6, 6.07) is 16.7. The van der Waals surface area contributed by atoms with E-state index in [-0.39, 0.29) is 24.7 Å². The number of hydrogen-bond donors (Lipinski definition) is 2. The monoisotopic (exact) mass is 299 g/mol. The van der Waals surface area contributed by atoms with E-state index in [2.05, 4.69) is 0 Å². The van der Waals surface area contributed by atoms with Crippen LogP contribution in [0.25, 0.3) is 0 Å². The summed E-state index contributed by atoms with van der Waals surface area (Å²) in [6.45, 7) is 0.841. The average Bonchev–Trinajstić information content (AvgIpc) is 2.52. The average molecular weight is 299 g/mol. The molecule has 0 saturated carbocycles. The molecule has 2 aromatic carbocycles. The minimum Gasteiger partial charge on any atom is -0.508 e. The first-order valence-corrected chi connectivity index (χ1v) is 7.39. The molecule has 2 N–H and O–H groups in total. The molecule has 0 atom stereocenters.